The van der Waals surface area contributed by atoms with Crippen molar-refractivity contribution in [1.82, 2.24) is 14.3 Å². The summed E-state index contributed by atoms with van der Waals surface area (Å²) in [5, 5.41) is 0.388. The first-order chi connectivity index (χ1) is 11.3. The fourth-order valence-corrected chi connectivity index (χ4v) is 3.13. The summed E-state index contributed by atoms with van der Waals surface area (Å²) in [5.74, 6) is 0. The first-order valence-electron chi connectivity index (χ1n) is 6.98. The predicted molar refractivity (Wildman–Crippen MR) is 87.1 cm³/mol. The van der Waals surface area contributed by atoms with Gasteiger partial charge in [0.05, 0.1) is 12.0 Å². The molecule has 9 heteroatoms. The minimum absolute atomic E-state index is 0.121. The Labute approximate surface area is 147 Å². The van der Waals surface area contributed by atoms with Crippen molar-refractivity contribution in [3.05, 3.63) is 47.2 Å². The first kappa shape index (κ1) is 18.8. The molecule has 0 aliphatic carbocycles. The molecule has 1 heterocycles. The molecule has 0 saturated carbocycles. The van der Waals surface area contributed by atoms with Gasteiger partial charge in [0, 0.05) is 24.0 Å². The second-order valence-electron chi connectivity index (χ2n) is 4.73. The van der Waals surface area contributed by atoms with Crippen LogP contribution in [0, 0.1) is 0 Å². The zero-order valence-corrected chi connectivity index (χ0v) is 14.5. The van der Waals surface area contributed by atoms with Crippen molar-refractivity contribution in [2.24, 2.45) is 0 Å². The van der Waals surface area contributed by atoms with Gasteiger partial charge in [0.1, 0.15) is 6.04 Å². The zero-order valence-electron chi connectivity index (χ0n) is 12.9. The molecular weight excluding hydrogens is 363 g/mol. The Morgan fingerprint density at radius 3 is 2.25 bits per heavy atom. The predicted octanol–water partition coefficient (Wildman–Crippen LogP) is 4.77. The standard InChI is InChI=1S/C15H15ClF3N3OS/c1-3-22(24-12-8-20-14(23-2)21-9-12)13(15(17,18)19)10-4-6-11(16)7-5-10/h4-9,13H,3H2,1-2H3/t13-/m1/s1. The highest BCUT2D eigenvalue weighted by molar-refractivity contribution is 7.97. The monoisotopic (exact) mass is 377 g/mol. The number of alkyl halides is 3. The number of ether oxygens (including phenoxy) is 1. The van der Waals surface area contributed by atoms with Crippen LogP contribution in [0.5, 0.6) is 6.01 Å². The molecule has 0 bridgehead atoms. The van der Waals surface area contributed by atoms with Crippen LogP contribution in [0.15, 0.2) is 41.6 Å². The summed E-state index contributed by atoms with van der Waals surface area (Å²) in [6, 6.07) is 4.05. The highest BCUT2D eigenvalue weighted by atomic mass is 35.5. The van der Waals surface area contributed by atoms with E-state index in [0.717, 1.165) is 11.9 Å². The van der Waals surface area contributed by atoms with Crippen molar-refractivity contribution < 1.29 is 17.9 Å². The van der Waals surface area contributed by atoms with Crippen LogP contribution in [0.2, 0.25) is 5.02 Å². The van der Waals surface area contributed by atoms with E-state index in [-0.39, 0.29) is 18.1 Å². The third kappa shape index (κ3) is 4.75. The number of halogens is 4. The molecule has 0 unspecified atom stereocenters. The molecule has 0 aliphatic heterocycles. The van der Waals surface area contributed by atoms with Crippen molar-refractivity contribution in [2.45, 2.75) is 24.0 Å². The molecular formula is C15H15ClF3N3OS. The molecule has 0 radical (unpaired) electrons. The van der Waals surface area contributed by atoms with E-state index < -0.39 is 12.2 Å². The SMILES string of the molecule is CCN(Sc1cnc(OC)nc1)[C@H](c1ccc(Cl)cc1)C(F)(F)F. The minimum Gasteiger partial charge on any atom is -0.467 e. The fraction of sp³-hybridized carbons (Fsp3) is 0.333. The zero-order chi connectivity index (χ0) is 17.7. The second kappa shape index (κ2) is 8.04. The molecule has 24 heavy (non-hydrogen) atoms. The Kier molecular flexibility index (Phi) is 6.31. The number of methoxy groups -OCH3 is 1. The van der Waals surface area contributed by atoms with E-state index in [0.29, 0.717) is 9.92 Å². The number of aromatic nitrogens is 2. The number of hydrogen-bond donors (Lipinski definition) is 0. The lowest BCUT2D eigenvalue weighted by Gasteiger charge is -2.31. The Balaban J connectivity index is 2.29. The van der Waals surface area contributed by atoms with E-state index in [4.69, 9.17) is 16.3 Å². The Morgan fingerprint density at radius 1 is 1.21 bits per heavy atom. The van der Waals surface area contributed by atoms with Gasteiger partial charge in [-0.15, -0.1) is 0 Å². The second-order valence-corrected chi connectivity index (χ2v) is 6.29. The molecule has 0 amide bonds. The quantitative estimate of drug-likeness (QED) is 0.678. The van der Waals surface area contributed by atoms with Crippen LogP contribution in [-0.2, 0) is 0 Å². The normalized spacial score (nSPS) is 13.1. The Bertz CT molecular complexity index is 653. The summed E-state index contributed by atoms with van der Waals surface area (Å²) in [4.78, 5) is 8.31. The van der Waals surface area contributed by atoms with Crippen LogP contribution in [-0.4, -0.2) is 34.1 Å². The Hall–Kier alpha value is -1.51. The third-order valence-electron chi connectivity index (χ3n) is 3.11. The molecule has 2 aromatic rings. The van der Waals surface area contributed by atoms with Crippen LogP contribution in [0.4, 0.5) is 13.2 Å². The lowest BCUT2D eigenvalue weighted by molar-refractivity contribution is -0.172. The summed E-state index contributed by atoms with van der Waals surface area (Å²) in [7, 11) is 1.42. The lowest BCUT2D eigenvalue weighted by Crippen LogP contribution is -2.34. The smallest absolute Gasteiger partial charge is 0.408 e. The third-order valence-corrected chi connectivity index (χ3v) is 4.48. The van der Waals surface area contributed by atoms with Crippen LogP contribution in [0.25, 0.3) is 0 Å². The van der Waals surface area contributed by atoms with Crippen molar-refractivity contribution in [1.29, 1.82) is 0 Å². The van der Waals surface area contributed by atoms with Crippen LogP contribution in [0.1, 0.15) is 18.5 Å². The average Bonchev–Trinajstić information content (AvgIpc) is 2.55. The molecule has 4 nitrogen and oxygen atoms in total. The molecule has 0 N–H and O–H groups in total. The number of benzene rings is 1. The van der Waals surface area contributed by atoms with Crippen LogP contribution in [0.3, 0.4) is 0 Å². The summed E-state index contributed by atoms with van der Waals surface area (Å²) < 4.78 is 47.0. The van der Waals surface area contributed by atoms with E-state index in [9.17, 15) is 13.2 Å². The molecule has 1 aromatic heterocycles. The van der Waals surface area contributed by atoms with E-state index in [1.807, 2.05) is 0 Å². The van der Waals surface area contributed by atoms with Crippen molar-refractivity contribution in [3.8, 4) is 6.01 Å². The van der Waals surface area contributed by atoms with E-state index in [1.165, 1.54) is 48.1 Å². The maximum atomic E-state index is 13.6. The summed E-state index contributed by atoms with van der Waals surface area (Å²) in [5.41, 5.74) is 0.121. The number of rotatable bonds is 6. The van der Waals surface area contributed by atoms with E-state index in [2.05, 4.69) is 9.97 Å². The molecule has 0 spiro atoms. The highest BCUT2D eigenvalue weighted by Gasteiger charge is 2.44. The van der Waals surface area contributed by atoms with Gasteiger partial charge in [-0.1, -0.05) is 30.7 Å². The average molecular weight is 378 g/mol. The fourth-order valence-electron chi connectivity index (χ4n) is 2.06. The van der Waals surface area contributed by atoms with Gasteiger partial charge >= 0.3 is 12.2 Å². The van der Waals surface area contributed by atoms with Crippen molar-refractivity contribution >= 4 is 23.5 Å². The van der Waals surface area contributed by atoms with Crippen LogP contribution >= 0.6 is 23.5 Å². The van der Waals surface area contributed by atoms with Gasteiger partial charge in [-0.2, -0.15) is 13.2 Å². The Morgan fingerprint density at radius 2 is 1.79 bits per heavy atom. The number of hydrogen-bond acceptors (Lipinski definition) is 5. The summed E-state index contributed by atoms with van der Waals surface area (Å²) in [6.45, 7) is 1.83. The van der Waals surface area contributed by atoms with Gasteiger partial charge in [0.25, 0.3) is 0 Å². The van der Waals surface area contributed by atoms with Crippen LogP contribution < -0.4 is 4.74 Å². The summed E-state index contributed by atoms with van der Waals surface area (Å²) >= 11 is 6.72. The molecule has 0 fully saturated rings. The molecule has 130 valence electrons. The number of nitrogens with zero attached hydrogens (tertiary/aromatic N) is 3. The van der Waals surface area contributed by atoms with Gasteiger partial charge in [-0.05, 0) is 29.6 Å². The van der Waals surface area contributed by atoms with Crippen molar-refractivity contribution in [2.75, 3.05) is 13.7 Å². The van der Waals surface area contributed by atoms with Gasteiger partial charge in [0.2, 0.25) is 0 Å². The maximum Gasteiger partial charge on any atom is 0.408 e. The maximum absolute atomic E-state index is 13.6. The molecule has 1 aromatic carbocycles. The minimum atomic E-state index is -4.44. The molecule has 1 atom stereocenters. The van der Waals surface area contributed by atoms with Gasteiger partial charge < -0.3 is 4.74 Å². The summed E-state index contributed by atoms with van der Waals surface area (Å²) in [6.07, 6.45) is -1.59. The largest absolute Gasteiger partial charge is 0.467 e. The molecule has 0 aliphatic rings. The van der Waals surface area contributed by atoms with E-state index >= 15 is 0 Å². The van der Waals surface area contributed by atoms with Gasteiger partial charge in [-0.25, -0.2) is 14.3 Å². The first-order valence-corrected chi connectivity index (χ1v) is 8.13. The lowest BCUT2D eigenvalue weighted by atomic mass is 10.1. The van der Waals surface area contributed by atoms with E-state index in [1.54, 1.807) is 6.92 Å². The van der Waals surface area contributed by atoms with Gasteiger partial charge in [0.15, 0.2) is 0 Å². The highest BCUT2D eigenvalue weighted by Crippen LogP contribution is 2.42. The topological polar surface area (TPSA) is 38.2 Å². The van der Waals surface area contributed by atoms with Crippen molar-refractivity contribution in [3.63, 3.8) is 0 Å². The molecule has 0 saturated heterocycles. The molecule has 2 rings (SSSR count). The van der Waals surface area contributed by atoms with Gasteiger partial charge in [-0.3, -0.25) is 0 Å².